The van der Waals surface area contributed by atoms with Crippen LogP contribution in [-0.2, 0) is 19.6 Å². The van der Waals surface area contributed by atoms with Crippen molar-refractivity contribution in [3.8, 4) is 0 Å². The molecule has 0 aromatic heterocycles. The standard InChI is InChI=1S/C12H21N3O4S/c1-2-8-20(18,19)15-6-3-4-10(15)12(17)14-7-5-13-11(16)9-14/h10H,2-9H2,1H3,(H,13,16). The monoisotopic (exact) mass is 303 g/mol. The topological polar surface area (TPSA) is 86.8 Å². The molecule has 0 spiro atoms. The highest BCUT2D eigenvalue weighted by Crippen LogP contribution is 2.23. The molecule has 2 saturated heterocycles. The van der Waals surface area contributed by atoms with Crippen LogP contribution in [0.1, 0.15) is 26.2 Å². The first-order valence-corrected chi connectivity index (χ1v) is 8.61. The highest BCUT2D eigenvalue weighted by molar-refractivity contribution is 7.89. The summed E-state index contributed by atoms with van der Waals surface area (Å²) in [5, 5.41) is 2.65. The molecular formula is C12H21N3O4S. The minimum atomic E-state index is -3.37. The lowest BCUT2D eigenvalue weighted by atomic mass is 10.2. The Kier molecular flexibility index (Phi) is 4.64. The summed E-state index contributed by atoms with van der Waals surface area (Å²) < 4.78 is 25.7. The van der Waals surface area contributed by atoms with E-state index < -0.39 is 16.1 Å². The second-order valence-electron chi connectivity index (χ2n) is 5.19. The number of nitrogens with one attached hydrogen (secondary N) is 1. The van der Waals surface area contributed by atoms with Crippen molar-refractivity contribution in [2.45, 2.75) is 32.2 Å². The SMILES string of the molecule is CCCS(=O)(=O)N1CCCC1C(=O)N1CCNC(=O)C1. The number of rotatable bonds is 4. The third-order valence-corrected chi connectivity index (χ3v) is 5.73. The first-order valence-electron chi connectivity index (χ1n) is 7.00. The number of sulfonamides is 1. The molecule has 114 valence electrons. The molecule has 20 heavy (non-hydrogen) atoms. The van der Waals surface area contributed by atoms with Crippen LogP contribution in [0.3, 0.4) is 0 Å². The maximum Gasteiger partial charge on any atom is 0.241 e. The molecule has 0 radical (unpaired) electrons. The molecule has 0 saturated carbocycles. The molecule has 2 aliphatic rings. The predicted molar refractivity (Wildman–Crippen MR) is 73.4 cm³/mol. The van der Waals surface area contributed by atoms with Gasteiger partial charge < -0.3 is 10.2 Å². The lowest BCUT2D eigenvalue weighted by molar-refractivity contribution is -0.140. The normalized spacial score (nSPS) is 24.8. The lowest BCUT2D eigenvalue weighted by Gasteiger charge is -2.31. The molecule has 0 aliphatic carbocycles. The average Bonchev–Trinajstić information content (AvgIpc) is 2.87. The molecule has 1 atom stereocenters. The van der Waals surface area contributed by atoms with Crippen molar-refractivity contribution in [3.63, 3.8) is 0 Å². The zero-order chi connectivity index (χ0) is 14.8. The summed E-state index contributed by atoms with van der Waals surface area (Å²) in [5.41, 5.74) is 0. The molecule has 0 aromatic rings. The van der Waals surface area contributed by atoms with Crippen LogP contribution < -0.4 is 5.32 Å². The van der Waals surface area contributed by atoms with Gasteiger partial charge in [0.05, 0.1) is 12.3 Å². The van der Waals surface area contributed by atoms with Gasteiger partial charge in [-0.05, 0) is 19.3 Å². The van der Waals surface area contributed by atoms with Crippen LogP contribution >= 0.6 is 0 Å². The predicted octanol–water partition coefficient (Wildman–Crippen LogP) is -0.851. The first kappa shape index (κ1) is 15.2. The summed E-state index contributed by atoms with van der Waals surface area (Å²) in [6, 6.07) is -0.627. The highest BCUT2D eigenvalue weighted by atomic mass is 32.2. The van der Waals surface area contributed by atoms with Crippen molar-refractivity contribution in [3.05, 3.63) is 0 Å². The van der Waals surface area contributed by atoms with Crippen molar-refractivity contribution >= 4 is 21.8 Å². The van der Waals surface area contributed by atoms with E-state index >= 15 is 0 Å². The maximum absolute atomic E-state index is 12.4. The number of hydrogen-bond acceptors (Lipinski definition) is 4. The quantitative estimate of drug-likeness (QED) is 0.733. The Morgan fingerprint density at radius 3 is 2.80 bits per heavy atom. The van der Waals surface area contributed by atoms with Crippen molar-refractivity contribution in [1.82, 2.24) is 14.5 Å². The van der Waals surface area contributed by atoms with E-state index in [-0.39, 0.29) is 24.1 Å². The summed E-state index contributed by atoms with van der Waals surface area (Å²) in [7, 11) is -3.37. The van der Waals surface area contributed by atoms with Gasteiger partial charge in [0.25, 0.3) is 0 Å². The first-order chi connectivity index (χ1) is 9.45. The third kappa shape index (κ3) is 3.12. The number of piperazine rings is 1. The molecule has 2 rings (SSSR count). The molecule has 1 N–H and O–H groups in total. The lowest BCUT2D eigenvalue weighted by Crippen LogP contribution is -2.55. The second-order valence-corrected chi connectivity index (χ2v) is 7.24. The summed E-state index contributed by atoms with van der Waals surface area (Å²) in [6.45, 7) is 3.11. The largest absolute Gasteiger partial charge is 0.353 e. The van der Waals surface area contributed by atoms with Crippen molar-refractivity contribution in [1.29, 1.82) is 0 Å². The van der Waals surface area contributed by atoms with Crippen molar-refractivity contribution in [2.75, 3.05) is 31.9 Å². The number of carbonyl (C=O) groups is 2. The number of nitrogens with zero attached hydrogens (tertiary/aromatic N) is 2. The van der Waals surface area contributed by atoms with Gasteiger partial charge in [0.2, 0.25) is 21.8 Å². The van der Waals surface area contributed by atoms with Crippen LogP contribution in [0.5, 0.6) is 0 Å². The molecule has 2 amide bonds. The van der Waals surface area contributed by atoms with E-state index in [0.29, 0.717) is 38.9 Å². The Bertz CT molecular complexity index is 491. The van der Waals surface area contributed by atoms with Gasteiger partial charge in [-0.25, -0.2) is 8.42 Å². The summed E-state index contributed by atoms with van der Waals surface area (Å²) in [4.78, 5) is 25.2. The van der Waals surface area contributed by atoms with Gasteiger partial charge in [-0.2, -0.15) is 4.31 Å². The molecule has 1 unspecified atom stereocenters. The second kappa shape index (κ2) is 6.09. The Morgan fingerprint density at radius 2 is 2.15 bits per heavy atom. The zero-order valence-electron chi connectivity index (χ0n) is 11.7. The smallest absolute Gasteiger partial charge is 0.241 e. The van der Waals surface area contributed by atoms with Gasteiger partial charge in [-0.1, -0.05) is 6.92 Å². The van der Waals surface area contributed by atoms with E-state index in [2.05, 4.69) is 5.32 Å². The van der Waals surface area contributed by atoms with Gasteiger partial charge in [-0.3, -0.25) is 9.59 Å². The van der Waals surface area contributed by atoms with Gasteiger partial charge in [0.15, 0.2) is 0 Å². The van der Waals surface area contributed by atoms with Crippen LogP contribution in [0.15, 0.2) is 0 Å². The minimum Gasteiger partial charge on any atom is -0.353 e. The van der Waals surface area contributed by atoms with Crippen molar-refractivity contribution in [2.24, 2.45) is 0 Å². The average molecular weight is 303 g/mol. The van der Waals surface area contributed by atoms with E-state index in [1.165, 1.54) is 9.21 Å². The summed E-state index contributed by atoms with van der Waals surface area (Å²) in [6.07, 6.45) is 1.77. The van der Waals surface area contributed by atoms with Crippen molar-refractivity contribution < 1.29 is 18.0 Å². The van der Waals surface area contributed by atoms with E-state index in [4.69, 9.17) is 0 Å². The van der Waals surface area contributed by atoms with Crippen LogP contribution in [0.2, 0.25) is 0 Å². The van der Waals surface area contributed by atoms with Crippen LogP contribution in [-0.4, -0.2) is 67.4 Å². The van der Waals surface area contributed by atoms with Gasteiger partial charge in [-0.15, -0.1) is 0 Å². The molecule has 8 heteroatoms. The number of carbonyl (C=O) groups excluding carboxylic acids is 2. The Morgan fingerprint density at radius 1 is 1.40 bits per heavy atom. The van der Waals surface area contributed by atoms with E-state index in [9.17, 15) is 18.0 Å². The zero-order valence-corrected chi connectivity index (χ0v) is 12.5. The minimum absolute atomic E-state index is 0.0248. The fourth-order valence-corrected chi connectivity index (χ4v) is 4.47. The van der Waals surface area contributed by atoms with E-state index in [1.807, 2.05) is 0 Å². The van der Waals surface area contributed by atoms with Gasteiger partial charge >= 0.3 is 0 Å². The summed E-state index contributed by atoms with van der Waals surface area (Å²) >= 11 is 0. The molecule has 2 heterocycles. The van der Waals surface area contributed by atoms with Crippen LogP contribution in [0.25, 0.3) is 0 Å². The highest BCUT2D eigenvalue weighted by Gasteiger charge is 2.40. The Labute approximate surface area is 119 Å². The van der Waals surface area contributed by atoms with Crippen LogP contribution in [0, 0.1) is 0 Å². The van der Waals surface area contributed by atoms with Gasteiger partial charge in [0, 0.05) is 19.6 Å². The molecule has 2 fully saturated rings. The van der Waals surface area contributed by atoms with E-state index in [0.717, 1.165) is 0 Å². The maximum atomic E-state index is 12.4. The van der Waals surface area contributed by atoms with E-state index in [1.54, 1.807) is 6.92 Å². The molecule has 0 bridgehead atoms. The number of hydrogen-bond donors (Lipinski definition) is 1. The van der Waals surface area contributed by atoms with Crippen LogP contribution in [0.4, 0.5) is 0 Å². The fourth-order valence-electron chi connectivity index (χ4n) is 2.73. The fraction of sp³-hybridized carbons (Fsp3) is 0.833. The molecular weight excluding hydrogens is 282 g/mol. The summed E-state index contributed by atoms with van der Waals surface area (Å²) in [5.74, 6) is -0.361. The molecule has 7 nitrogen and oxygen atoms in total. The Balaban J connectivity index is 2.10. The van der Waals surface area contributed by atoms with Gasteiger partial charge in [0.1, 0.15) is 6.04 Å². The Hall–Kier alpha value is -1.15. The number of amides is 2. The molecule has 2 aliphatic heterocycles. The third-order valence-electron chi connectivity index (χ3n) is 3.66. The molecule has 0 aromatic carbocycles.